The van der Waals surface area contributed by atoms with Crippen molar-refractivity contribution in [3.8, 4) is 0 Å². The van der Waals surface area contributed by atoms with Gasteiger partial charge >= 0.3 is 0 Å². The molecule has 0 aromatic carbocycles. The number of rotatable bonds is 4. The number of hydrogen-bond donors (Lipinski definition) is 1. The number of nitrogens with two attached hydrogens (primary N) is 1. The number of hydrogen-bond acceptors (Lipinski definition) is 6. The summed E-state index contributed by atoms with van der Waals surface area (Å²) in [7, 11) is 0. The van der Waals surface area contributed by atoms with Gasteiger partial charge in [0.2, 0.25) is 17.8 Å². The van der Waals surface area contributed by atoms with Crippen molar-refractivity contribution < 1.29 is 0 Å². The van der Waals surface area contributed by atoms with Crippen LogP contribution in [-0.4, -0.2) is 40.6 Å². The smallest absolute Gasteiger partial charge is 0.232 e. The average molecular weight is 290 g/mol. The predicted octanol–water partition coefficient (Wildman–Crippen LogP) is 2.21. The van der Waals surface area contributed by atoms with Gasteiger partial charge in [0.1, 0.15) is 0 Å². The average Bonchev–Trinajstić information content (AvgIpc) is 3.02. The van der Waals surface area contributed by atoms with E-state index in [4.69, 9.17) is 10.7 Å². The van der Waals surface area contributed by atoms with Crippen molar-refractivity contribution in [3.63, 3.8) is 0 Å². The highest BCUT2D eigenvalue weighted by Crippen LogP contribution is 2.27. The fourth-order valence-electron chi connectivity index (χ4n) is 3.51. The Hall–Kier alpha value is -1.59. The predicted molar refractivity (Wildman–Crippen MR) is 85.6 cm³/mol. The van der Waals surface area contributed by atoms with E-state index in [1.807, 2.05) is 0 Å². The molecule has 6 heteroatoms. The Balaban J connectivity index is 1.85. The molecule has 6 nitrogen and oxygen atoms in total. The number of anilines is 3. The molecule has 21 heavy (non-hydrogen) atoms. The lowest BCUT2D eigenvalue weighted by atomic mass is 10.1. The van der Waals surface area contributed by atoms with Gasteiger partial charge in [-0.25, -0.2) is 0 Å². The van der Waals surface area contributed by atoms with E-state index in [2.05, 4.69) is 26.7 Å². The van der Waals surface area contributed by atoms with Crippen molar-refractivity contribution in [1.82, 2.24) is 15.0 Å². The van der Waals surface area contributed by atoms with E-state index in [-0.39, 0.29) is 0 Å². The summed E-state index contributed by atoms with van der Waals surface area (Å²) in [5, 5.41) is 0. The quantitative estimate of drug-likeness (QED) is 0.916. The van der Waals surface area contributed by atoms with Crippen LogP contribution >= 0.6 is 0 Å². The van der Waals surface area contributed by atoms with Crippen molar-refractivity contribution in [2.45, 2.75) is 57.9 Å². The largest absolute Gasteiger partial charge is 0.368 e. The highest BCUT2D eigenvalue weighted by molar-refractivity contribution is 5.44. The molecule has 2 N–H and O–H groups in total. The lowest BCUT2D eigenvalue weighted by Gasteiger charge is -2.30. The summed E-state index contributed by atoms with van der Waals surface area (Å²) >= 11 is 0. The molecular formula is C15H26N6. The van der Waals surface area contributed by atoms with Crippen LogP contribution < -0.4 is 15.5 Å². The Morgan fingerprint density at radius 3 is 2.43 bits per heavy atom. The second-order valence-electron chi connectivity index (χ2n) is 6.07. The van der Waals surface area contributed by atoms with Crippen LogP contribution in [0.2, 0.25) is 0 Å². The van der Waals surface area contributed by atoms with Gasteiger partial charge in [-0.1, -0.05) is 12.8 Å². The molecule has 0 bridgehead atoms. The van der Waals surface area contributed by atoms with Crippen molar-refractivity contribution in [3.05, 3.63) is 0 Å². The summed E-state index contributed by atoms with van der Waals surface area (Å²) in [5.74, 6) is 1.86. The van der Waals surface area contributed by atoms with E-state index < -0.39 is 0 Å². The second-order valence-corrected chi connectivity index (χ2v) is 6.07. The molecule has 0 radical (unpaired) electrons. The van der Waals surface area contributed by atoms with Gasteiger partial charge in [0.05, 0.1) is 0 Å². The molecule has 0 spiro atoms. The molecule has 1 saturated heterocycles. The highest BCUT2D eigenvalue weighted by Gasteiger charge is 2.25. The summed E-state index contributed by atoms with van der Waals surface area (Å²) in [5.41, 5.74) is 5.94. The molecule has 1 aliphatic carbocycles. The number of nitrogens with zero attached hydrogens (tertiary/aromatic N) is 5. The van der Waals surface area contributed by atoms with Crippen LogP contribution in [0.1, 0.15) is 51.9 Å². The van der Waals surface area contributed by atoms with Gasteiger partial charge in [-0.2, -0.15) is 15.0 Å². The zero-order valence-electron chi connectivity index (χ0n) is 13.0. The summed E-state index contributed by atoms with van der Waals surface area (Å²) in [6.45, 7) is 5.14. The summed E-state index contributed by atoms with van der Waals surface area (Å²) in [4.78, 5) is 18.0. The van der Waals surface area contributed by atoms with Gasteiger partial charge in [0, 0.05) is 25.7 Å². The fourth-order valence-corrected chi connectivity index (χ4v) is 3.51. The molecule has 2 heterocycles. The Morgan fingerprint density at radius 1 is 1.05 bits per heavy atom. The number of piperidine rings is 1. The van der Waals surface area contributed by atoms with Gasteiger partial charge in [0.15, 0.2) is 0 Å². The van der Waals surface area contributed by atoms with Crippen LogP contribution in [0.4, 0.5) is 17.8 Å². The monoisotopic (exact) mass is 290 g/mol. The van der Waals surface area contributed by atoms with Crippen LogP contribution in [0, 0.1) is 0 Å². The zero-order chi connectivity index (χ0) is 14.7. The minimum Gasteiger partial charge on any atom is -0.368 e. The van der Waals surface area contributed by atoms with Crippen LogP contribution in [0.3, 0.4) is 0 Å². The number of nitrogen functional groups attached to an aromatic ring is 1. The van der Waals surface area contributed by atoms with Gasteiger partial charge in [0.25, 0.3) is 0 Å². The Labute approximate surface area is 126 Å². The van der Waals surface area contributed by atoms with Crippen LogP contribution in [0.15, 0.2) is 0 Å². The first kappa shape index (κ1) is 14.4. The third-order valence-corrected chi connectivity index (χ3v) is 4.63. The van der Waals surface area contributed by atoms with Crippen LogP contribution in [0.5, 0.6) is 0 Å². The first-order chi connectivity index (χ1) is 10.3. The van der Waals surface area contributed by atoms with Gasteiger partial charge in [-0.15, -0.1) is 0 Å². The van der Waals surface area contributed by atoms with Crippen LogP contribution in [-0.2, 0) is 0 Å². The standard InChI is InChI=1S/C15H26N6/c1-2-21(12-8-4-5-9-12)15-18-13(16)17-14(19-15)20-10-6-3-7-11-20/h12H,2-11H2,1H3,(H2,16,17,18,19). The molecular weight excluding hydrogens is 264 g/mol. The van der Waals surface area contributed by atoms with Gasteiger partial charge in [-0.3, -0.25) is 0 Å². The van der Waals surface area contributed by atoms with Gasteiger partial charge in [-0.05, 0) is 39.0 Å². The normalized spacial score (nSPS) is 20.0. The molecule has 0 amide bonds. The van der Waals surface area contributed by atoms with E-state index in [0.717, 1.165) is 31.5 Å². The molecule has 3 rings (SSSR count). The lowest BCUT2D eigenvalue weighted by molar-refractivity contribution is 0.563. The third kappa shape index (κ3) is 3.19. The summed E-state index contributed by atoms with van der Waals surface area (Å²) in [6, 6.07) is 0.561. The first-order valence-corrected chi connectivity index (χ1v) is 8.31. The molecule has 1 aromatic rings. The second kappa shape index (κ2) is 6.45. The Bertz CT molecular complexity index is 465. The van der Waals surface area contributed by atoms with Gasteiger partial charge < -0.3 is 15.5 Å². The van der Waals surface area contributed by atoms with E-state index in [1.54, 1.807) is 0 Å². The molecule has 0 unspecified atom stereocenters. The lowest BCUT2D eigenvalue weighted by Crippen LogP contribution is -2.36. The minimum absolute atomic E-state index is 0.344. The molecule has 2 fully saturated rings. The van der Waals surface area contributed by atoms with Crippen molar-refractivity contribution in [2.24, 2.45) is 0 Å². The SMILES string of the molecule is CCN(c1nc(N)nc(N2CCCCC2)n1)C1CCCC1. The number of aromatic nitrogens is 3. The Kier molecular flexibility index (Phi) is 4.41. The molecule has 0 atom stereocenters. The van der Waals surface area contributed by atoms with Crippen molar-refractivity contribution in [2.75, 3.05) is 35.2 Å². The maximum absolute atomic E-state index is 5.94. The maximum atomic E-state index is 5.94. The topological polar surface area (TPSA) is 71.2 Å². The van der Waals surface area contributed by atoms with E-state index in [9.17, 15) is 0 Å². The van der Waals surface area contributed by atoms with E-state index in [1.165, 1.54) is 44.9 Å². The molecule has 1 aromatic heterocycles. The zero-order valence-corrected chi connectivity index (χ0v) is 13.0. The molecule has 1 aliphatic heterocycles. The van der Waals surface area contributed by atoms with E-state index in [0.29, 0.717) is 12.0 Å². The van der Waals surface area contributed by atoms with E-state index >= 15 is 0 Å². The highest BCUT2D eigenvalue weighted by atomic mass is 15.4. The molecule has 1 saturated carbocycles. The third-order valence-electron chi connectivity index (χ3n) is 4.63. The Morgan fingerprint density at radius 2 is 1.76 bits per heavy atom. The summed E-state index contributed by atoms with van der Waals surface area (Å²) < 4.78 is 0. The van der Waals surface area contributed by atoms with Crippen LogP contribution in [0.25, 0.3) is 0 Å². The summed E-state index contributed by atoms with van der Waals surface area (Å²) in [6.07, 6.45) is 8.80. The van der Waals surface area contributed by atoms with Crippen molar-refractivity contribution >= 4 is 17.8 Å². The van der Waals surface area contributed by atoms with Crippen molar-refractivity contribution in [1.29, 1.82) is 0 Å². The molecule has 116 valence electrons. The minimum atomic E-state index is 0.344. The maximum Gasteiger partial charge on any atom is 0.232 e. The first-order valence-electron chi connectivity index (χ1n) is 8.31. The molecule has 2 aliphatic rings. The fraction of sp³-hybridized carbons (Fsp3) is 0.800.